The molecule has 1 heterocycles. The topological polar surface area (TPSA) is 63.4 Å². The van der Waals surface area contributed by atoms with Crippen LogP contribution in [0.3, 0.4) is 0 Å². The van der Waals surface area contributed by atoms with Gasteiger partial charge in [0.15, 0.2) is 0 Å². The fourth-order valence-electron chi connectivity index (χ4n) is 1.72. The second kappa shape index (κ2) is 6.47. The smallest absolute Gasteiger partial charge is 0.244 e. The molecule has 0 saturated heterocycles. The molecule has 0 bridgehead atoms. The molecule has 4 nitrogen and oxygen atoms in total. The van der Waals surface area contributed by atoms with Crippen LogP contribution in [0.15, 0.2) is 23.6 Å². The monoisotopic (exact) mass is 288 g/mol. The van der Waals surface area contributed by atoms with E-state index in [4.69, 9.17) is 5.73 Å². The Bertz CT molecular complexity index is 506. The van der Waals surface area contributed by atoms with Crippen LogP contribution in [0.4, 0.5) is 0 Å². The third-order valence-corrected chi connectivity index (χ3v) is 5.74. The molecule has 0 amide bonds. The number of thiophene rings is 1. The zero-order valence-corrected chi connectivity index (χ0v) is 12.5. The number of aryl methyl sites for hydroxylation is 1. The van der Waals surface area contributed by atoms with Gasteiger partial charge in [-0.15, -0.1) is 17.9 Å². The van der Waals surface area contributed by atoms with Crippen LogP contribution in [0.25, 0.3) is 0 Å². The first-order valence-electron chi connectivity index (χ1n) is 5.87. The third kappa shape index (κ3) is 3.20. The lowest BCUT2D eigenvalue weighted by atomic mass is 10.4. The highest BCUT2D eigenvalue weighted by Gasteiger charge is 2.26. The van der Waals surface area contributed by atoms with Gasteiger partial charge in [0.1, 0.15) is 0 Å². The van der Waals surface area contributed by atoms with E-state index in [1.165, 1.54) is 15.6 Å². The Balaban J connectivity index is 3.16. The summed E-state index contributed by atoms with van der Waals surface area (Å²) >= 11 is 1.44. The SMILES string of the molecule is C=CCN(CCC)S(=O)(=O)c1cc(CN)sc1C. The highest BCUT2D eigenvalue weighted by atomic mass is 32.2. The van der Waals surface area contributed by atoms with Crippen molar-refractivity contribution >= 4 is 21.4 Å². The van der Waals surface area contributed by atoms with Crippen molar-refractivity contribution in [3.63, 3.8) is 0 Å². The molecule has 1 aromatic rings. The number of rotatable bonds is 7. The number of nitrogens with two attached hydrogens (primary N) is 1. The Kier molecular flexibility index (Phi) is 5.52. The van der Waals surface area contributed by atoms with Gasteiger partial charge in [0.05, 0.1) is 4.90 Å². The van der Waals surface area contributed by atoms with Gasteiger partial charge in [-0.25, -0.2) is 8.42 Å². The molecule has 0 saturated carbocycles. The van der Waals surface area contributed by atoms with Crippen molar-refractivity contribution in [1.29, 1.82) is 0 Å². The van der Waals surface area contributed by atoms with Gasteiger partial charge in [-0.05, 0) is 19.4 Å². The summed E-state index contributed by atoms with van der Waals surface area (Å²) in [6.07, 6.45) is 2.39. The van der Waals surface area contributed by atoms with Gasteiger partial charge < -0.3 is 5.73 Å². The molecule has 0 fully saturated rings. The van der Waals surface area contributed by atoms with Gasteiger partial charge in [-0.3, -0.25) is 0 Å². The van der Waals surface area contributed by atoms with E-state index in [-0.39, 0.29) is 0 Å². The first kappa shape index (κ1) is 15.4. The molecule has 0 spiro atoms. The van der Waals surface area contributed by atoms with Crippen molar-refractivity contribution in [2.24, 2.45) is 5.73 Å². The van der Waals surface area contributed by atoms with Crippen molar-refractivity contribution in [1.82, 2.24) is 4.31 Å². The first-order valence-corrected chi connectivity index (χ1v) is 8.13. The van der Waals surface area contributed by atoms with Crippen molar-refractivity contribution in [2.45, 2.75) is 31.7 Å². The van der Waals surface area contributed by atoms with Gasteiger partial charge in [-0.2, -0.15) is 4.31 Å². The summed E-state index contributed by atoms with van der Waals surface area (Å²) in [5, 5.41) is 0. The summed E-state index contributed by atoms with van der Waals surface area (Å²) < 4.78 is 26.5. The highest BCUT2D eigenvalue weighted by molar-refractivity contribution is 7.89. The lowest BCUT2D eigenvalue weighted by Gasteiger charge is -2.19. The van der Waals surface area contributed by atoms with Crippen molar-refractivity contribution in [3.05, 3.63) is 28.5 Å². The van der Waals surface area contributed by atoms with Gasteiger partial charge in [-0.1, -0.05) is 13.0 Å². The zero-order valence-electron chi connectivity index (χ0n) is 10.8. The molecule has 0 unspecified atom stereocenters. The minimum Gasteiger partial charge on any atom is -0.326 e. The normalized spacial score (nSPS) is 12.0. The molecule has 1 rings (SSSR count). The molecule has 0 radical (unpaired) electrons. The van der Waals surface area contributed by atoms with Crippen LogP contribution < -0.4 is 5.73 Å². The molecule has 18 heavy (non-hydrogen) atoms. The predicted octanol–water partition coefficient (Wildman–Crippen LogP) is 2.10. The Morgan fingerprint density at radius 3 is 2.67 bits per heavy atom. The minimum absolute atomic E-state index is 0.337. The molecule has 0 aromatic carbocycles. The standard InChI is InChI=1S/C12H20N2O2S2/c1-4-6-14(7-5-2)18(15,16)12-8-11(9-13)17-10(12)3/h4,8H,1,5-7,9,13H2,2-3H3. The molecule has 2 N–H and O–H groups in total. The van der Waals surface area contributed by atoms with Crippen LogP contribution in [0.2, 0.25) is 0 Å². The van der Waals surface area contributed by atoms with E-state index in [1.807, 2.05) is 13.8 Å². The average Bonchev–Trinajstić information content (AvgIpc) is 2.71. The molecular weight excluding hydrogens is 268 g/mol. The van der Waals surface area contributed by atoms with E-state index in [9.17, 15) is 8.42 Å². The van der Waals surface area contributed by atoms with Crippen LogP contribution in [-0.4, -0.2) is 25.8 Å². The van der Waals surface area contributed by atoms with E-state index < -0.39 is 10.0 Å². The maximum absolute atomic E-state index is 12.5. The summed E-state index contributed by atoms with van der Waals surface area (Å²) in [6.45, 7) is 8.59. The fraction of sp³-hybridized carbons (Fsp3) is 0.500. The van der Waals surface area contributed by atoms with Gasteiger partial charge >= 0.3 is 0 Å². The van der Waals surface area contributed by atoms with E-state index in [0.29, 0.717) is 24.5 Å². The maximum atomic E-state index is 12.5. The molecule has 0 aliphatic heterocycles. The minimum atomic E-state index is -3.43. The summed E-state index contributed by atoms with van der Waals surface area (Å²) in [6, 6.07) is 1.68. The number of sulfonamides is 1. The van der Waals surface area contributed by atoms with Crippen LogP contribution in [0.5, 0.6) is 0 Å². The average molecular weight is 288 g/mol. The van der Waals surface area contributed by atoms with Gasteiger partial charge in [0, 0.05) is 29.4 Å². The number of nitrogens with zero attached hydrogens (tertiary/aromatic N) is 1. The first-order chi connectivity index (χ1) is 8.47. The van der Waals surface area contributed by atoms with Crippen LogP contribution in [-0.2, 0) is 16.6 Å². The van der Waals surface area contributed by atoms with Crippen molar-refractivity contribution < 1.29 is 8.42 Å². The second-order valence-electron chi connectivity index (χ2n) is 3.99. The molecule has 102 valence electrons. The molecule has 0 aliphatic carbocycles. The molecule has 1 aromatic heterocycles. The largest absolute Gasteiger partial charge is 0.326 e. The third-order valence-electron chi connectivity index (χ3n) is 2.55. The fourth-order valence-corrected chi connectivity index (χ4v) is 4.71. The second-order valence-corrected chi connectivity index (χ2v) is 7.24. The molecule has 6 heteroatoms. The van der Waals surface area contributed by atoms with Crippen LogP contribution in [0, 0.1) is 6.92 Å². The molecule has 0 atom stereocenters. The Hall–Kier alpha value is -0.690. The highest BCUT2D eigenvalue weighted by Crippen LogP contribution is 2.28. The predicted molar refractivity (Wildman–Crippen MR) is 76.2 cm³/mol. The van der Waals surface area contributed by atoms with E-state index >= 15 is 0 Å². The van der Waals surface area contributed by atoms with Crippen molar-refractivity contribution in [2.75, 3.05) is 13.1 Å². The molecule has 0 aliphatic rings. The lowest BCUT2D eigenvalue weighted by Crippen LogP contribution is -2.32. The van der Waals surface area contributed by atoms with Crippen LogP contribution in [0.1, 0.15) is 23.1 Å². The van der Waals surface area contributed by atoms with Gasteiger partial charge in [0.25, 0.3) is 0 Å². The Morgan fingerprint density at radius 1 is 1.56 bits per heavy atom. The summed E-state index contributed by atoms with van der Waals surface area (Å²) in [4.78, 5) is 2.06. The summed E-state index contributed by atoms with van der Waals surface area (Å²) in [7, 11) is -3.43. The Morgan fingerprint density at radius 2 is 2.22 bits per heavy atom. The maximum Gasteiger partial charge on any atom is 0.244 e. The number of hydrogen-bond acceptors (Lipinski definition) is 4. The molecular formula is C12H20N2O2S2. The van der Waals surface area contributed by atoms with Crippen LogP contribution >= 0.6 is 11.3 Å². The summed E-state index contributed by atoms with van der Waals surface area (Å²) in [5.41, 5.74) is 5.55. The van der Waals surface area contributed by atoms with E-state index in [2.05, 4.69) is 6.58 Å². The van der Waals surface area contributed by atoms with E-state index in [1.54, 1.807) is 12.1 Å². The summed E-state index contributed by atoms with van der Waals surface area (Å²) in [5.74, 6) is 0. The van der Waals surface area contributed by atoms with Crippen molar-refractivity contribution in [3.8, 4) is 0 Å². The zero-order chi connectivity index (χ0) is 13.8. The Labute approximate surface area is 113 Å². The van der Waals surface area contributed by atoms with Gasteiger partial charge in [0.2, 0.25) is 10.0 Å². The quantitative estimate of drug-likeness (QED) is 0.782. The van der Waals surface area contributed by atoms with E-state index in [0.717, 1.165) is 16.2 Å². The number of hydrogen-bond donors (Lipinski definition) is 1. The lowest BCUT2D eigenvalue weighted by molar-refractivity contribution is 0.441.